The third-order valence-electron chi connectivity index (χ3n) is 5.87. The van der Waals surface area contributed by atoms with Gasteiger partial charge < -0.3 is 15.0 Å². The summed E-state index contributed by atoms with van der Waals surface area (Å²) in [6.45, 7) is 7.56. The SMILES string of the molecule is COc1cccc(CNC(=O)[C@]2(C)CCCN(C(=O)c3ccc(C)c(C)c3)C2)c1. The average molecular weight is 395 g/mol. The second-order valence-electron chi connectivity index (χ2n) is 8.22. The maximum Gasteiger partial charge on any atom is 0.253 e. The van der Waals surface area contributed by atoms with Crippen LogP contribution in [0, 0.1) is 19.3 Å². The second-order valence-corrected chi connectivity index (χ2v) is 8.22. The van der Waals surface area contributed by atoms with Gasteiger partial charge in [-0.2, -0.15) is 0 Å². The third kappa shape index (κ3) is 4.78. The second kappa shape index (κ2) is 8.68. The first-order valence-corrected chi connectivity index (χ1v) is 10.1. The van der Waals surface area contributed by atoms with E-state index in [4.69, 9.17) is 4.74 Å². The van der Waals surface area contributed by atoms with Crippen molar-refractivity contribution < 1.29 is 14.3 Å². The van der Waals surface area contributed by atoms with Crippen LogP contribution in [0.15, 0.2) is 42.5 Å². The normalized spacial score (nSPS) is 19.0. The van der Waals surface area contributed by atoms with Gasteiger partial charge in [0.05, 0.1) is 12.5 Å². The minimum atomic E-state index is -0.591. The van der Waals surface area contributed by atoms with E-state index in [0.717, 1.165) is 29.7 Å². The quantitative estimate of drug-likeness (QED) is 0.837. The number of hydrogen-bond acceptors (Lipinski definition) is 3. The van der Waals surface area contributed by atoms with Gasteiger partial charge in [0.1, 0.15) is 5.75 Å². The molecule has 1 aliphatic rings. The largest absolute Gasteiger partial charge is 0.497 e. The molecule has 29 heavy (non-hydrogen) atoms. The van der Waals surface area contributed by atoms with E-state index in [9.17, 15) is 9.59 Å². The van der Waals surface area contributed by atoms with E-state index in [1.165, 1.54) is 5.56 Å². The number of aryl methyl sites for hydroxylation is 2. The number of ether oxygens (including phenoxy) is 1. The first-order valence-electron chi connectivity index (χ1n) is 10.1. The van der Waals surface area contributed by atoms with E-state index in [2.05, 4.69) is 5.32 Å². The van der Waals surface area contributed by atoms with Gasteiger partial charge in [-0.1, -0.05) is 18.2 Å². The molecular formula is C24H30N2O3. The van der Waals surface area contributed by atoms with Crippen molar-refractivity contribution in [3.8, 4) is 5.75 Å². The number of hydrogen-bond donors (Lipinski definition) is 1. The van der Waals surface area contributed by atoms with Crippen molar-refractivity contribution in [1.82, 2.24) is 10.2 Å². The lowest BCUT2D eigenvalue weighted by molar-refractivity contribution is -0.132. The number of carbonyl (C=O) groups excluding carboxylic acids is 2. The van der Waals surface area contributed by atoms with Gasteiger partial charge in [0, 0.05) is 25.2 Å². The van der Waals surface area contributed by atoms with Crippen molar-refractivity contribution in [3.63, 3.8) is 0 Å². The molecule has 1 N–H and O–H groups in total. The molecule has 5 nitrogen and oxygen atoms in total. The van der Waals surface area contributed by atoms with Crippen molar-refractivity contribution in [1.29, 1.82) is 0 Å². The van der Waals surface area contributed by atoms with Crippen molar-refractivity contribution >= 4 is 11.8 Å². The summed E-state index contributed by atoms with van der Waals surface area (Å²) < 4.78 is 5.24. The summed E-state index contributed by atoms with van der Waals surface area (Å²) in [6.07, 6.45) is 1.59. The fraction of sp³-hybridized carbons (Fsp3) is 0.417. The van der Waals surface area contributed by atoms with Crippen LogP contribution in [-0.2, 0) is 11.3 Å². The van der Waals surface area contributed by atoms with Crippen molar-refractivity contribution in [2.75, 3.05) is 20.2 Å². The highest BCUT2D eigenvalue weighted by atomic mass is 16.5. The molecule has 0 unspecified atom stereocenters. The van der Waals surface area contributed by atoms with Gasteiger partial charge in [0.25, 0.3) is 5.91 Å². The lowest BCUT2D eigenvalue weighted by Crippen LogP contribution is -2.51. The number of carbonyl (C=O) groups is 2. The van der Waals surface area contributed by atoms with E-state index in [0.29, 0.717) is 25.2 Å². The molecule has 0 bridgehead atoms. The molecule has 0 aliphatic carbocycles. The fourth-order valence-electron chi connectivity index (χ4n) is 3.83. The van der Waals surface area contributed by atoms with Crippen LogP contribution >= 0.6 is 0 Å². The number of rotatable bonds is 5. The van der Waals surface area contributed by atoms with E-state index in [1.807, 2.05) is 68.1 Å². The van der Waals surface area contributed by atoms with Gasteiger partial charge in [-0.15, -0.1) is 0 Å². The Hall–Kier alpha value is -2.82. The Kier molecular flexibility index (Phi) is 6.26. The molecule has 5 heteroatoms. The predicted octanol–water partition coefficient (Wildman–Crippen LogP) is 3.87. The summed E-state index contributed by atoms with van der Waals surface area (Å²) in [5, 5.41) is 3.04. The topological polar surface area (TPSA) is 58.6 Å². The Balaban J connectivity index is 1.66. The average Bonchev–Trinajstić information content (AvgIpc) is 2.73. The molecule has 0 aromatic heterocycles. The zero-order chi connectivity index (χ0) is 21.0. The maximum atomic E-state index is 13.0. The summed E-state index contributed by atoms with van der Waals surface area (Å²) in [7, 11) is 1.63. The van der Waals surface area contributed by atoms with Crippen molar-refractivity contribution in [2.45, 2.75) is 40.2 Å². The van der Waals surface area contributed by atoms with Gasteiger partial charge in [0.2, 0.25) is 5.91 Å². The smallest absolute Gasteiger partial charge is 0.253 e. The van der Waals surface area contributed by atoms with Gasteiger partial charge in [-0.3, -0.25) is 9.59 Å². The standard InChI is InChI=1S/C24H30N2O3/c1-17-9-10-20(13-18(17)2)22(27)26-12-6-11-24(3,16-26)23(28)25-15-19-7-5-8-21(14-19)29-4/h5,7-10,13-14H,6,11-12,15-16H2,1-4H3,(H,25,28)/t24-/m1/s1. The third-order valence-corrected chi connectivity index (χ3v) is 5.87. The fourth-order valence-corrected chi connectivity index (χ4v) is 3.83. The van der Waals surface area contributed by atoms with Crippen LogP contribution in [0.2, 0.25) is 0 Å². The number of nitrogens with one attached hydrogen (secondary N) is 1. The minimum Gasteiger partial charge on any atom is -0.497 e. The molecule has 3 rings (SSSR count). The van der Waals surface area contributed by atoms with E-state index < -0.39 is 5.41 Å². The van der Waals surface area contributed by atoms with Crippen LogP contribution in [0.1, 0.15) is 46.8 Å². The monoisotopic (exact) mass is 394 g/mol. The van der Waals surface area contributed by atoms with E-state index >= 15 is 0 Å². The predicted molar refractivity (Wildman–Crippen MR) is 114 cm³/mol. The van der Waals surface area contributed by atoms with Crippen LogP contribution in [0.4, 0.5) is 0 Å². The van der Waals surface area contributed by atoms with Crippen molar-refractivity contribution in [3.05, 3.63) is 64.7 Å². The van der Waals surface area contributed by atoms with Crippen LogP contribution in [0.25, 0.3) is 0 Å². The Labute approximate surface area is 173 Å². The summed E-state index contributed by atoms with van der Waals surface area (Å²) >= 11 is 0. The van der Waals surface area contributed by atoms with Crippen molar-refractivity contribution in [2.24, 2.45) is 5.41 Å². The molecule has 0 spiro atoms. The van der Waals surface area contributed by atoms with E-state index in [-0.39, 0.29) is 11.8 Å². The van der Waals surface area contributed by atoms with Crippen LogP contribution < -0.4 is 10.1 Å². The molecule has 0 saturated carbocycles. The van der Waals surface area contributed by atoms with E-state index in [1.54, 1.807) is 7.11 Å². The molecule has 1 heterocycles. The summed E-state index contributed by atoms with van der Waals surface area (Å²) in [4.78, 5) is 27.8. The number of methoxy groups -OCH3 is 1. The first kappa shape index (κ1) is 20.9. The molecule has 1 aliphatic heterocycles. The Bertz CT molecular complexity index is 909. The lowest BCUT2D eigenvalue weighted by atomic mass is 9.80. The molecule has 2 aromatic carbocycles. The molecule has 2 aromatic rings. The summed E-state index contributed by atoms with van der Waals surface area (Å²) in [6, 6.07) is 13.5. The molecule has 1 fully saturated rings. The first-order chi connectivity index (χ1) is 13.8. The van der Waals surface area contributed by atoms with Gasteiger partial charge >= 0.3 is 0 Å². The van der Waals surface area contributed by atoms with Gasteiger partial charge in [0.15, 0.2) is 0 Å². The summed E-state index contributed by atoms with van der Waals surface area (Å²) in [5.74, 6) is 0.753. The molecule has 1 atom stereocenters. The highest BCUT2D eigenvalue weighted by molar-refractivity contribution is 5.95. The minimum absolute atomic E-state index is 0.000351. The highest BCUT2D eigenvalue weighted by Gasteiger charge is 2.39. The van der Waals surface area contributed by atoms with Gasteiger partial charge in [-0.05, 0) is 74.6 Å². The number of piperidine rings is 1. The van der Waals surface area contributed by atoms with Crippen LogP contribution in [0.3, 0.4) is 0 Å². The van der Waals surface area contributed by atoms with Crippen LogP contribution in [0.5, 0.6) is 5.75 Å². The molecule has 154 valence electrons. The Morgan fingerprint density at radius 1 is 1.14 bits per heavy atom. The number of nitrogens with zero attached hydrogens (tertiary/aromatic N) is 1. The Morgan fingerprint density at radius 3 is 2.66 bits per heavy atom. The summed E-state index contributed by atoms with van der Waals surface area (Å²) in [5.41, 5.74) is 3.36. The molecule has 1 saturated heterocycles. The number of likely N-dealkylation sites (tertiary alicyclic amines) is 1. The van der Waals surface area contributed by atoms with Gasteiger partial charge in [-0.25, -0.2) is 0 Å². The molecule has 2 amide bonds. The lowest BCUT2D eigenvalue weighted by Gasteiger charge is -2.39. The molecule has 0 radical (unpaired) electrons. The van der Waals surface area contributed by atoms with Crippen LogP contribution in [-0.4, -0.2) is 36.9 Å². The zero-order valence-corrected chi connectivity index (χ0v) is 17.7. The molecular weight excluding hydrogens is 364 g/mol. The Morgan fingerprint density at radius 2 is 1.93 bits per heavy atom. The highest BCUT2D eigenvalue weighted by Crippen LogP contribution is 2.31. The maximum absolute atomic E-state index is 13.0. The number of amides is 2. The number of benzene rings is 2. The zero-order valence-electron chi connectivity index (χ0n) is 17.7.